The van der Waals surface area contributed by atoms with Crippen LogP contribution in [-0.2, 0) is 12.8 Å². The van der Waals surface area contributed by atoms with Crippen molar-refractivity contribution in [1.82, 2.24) is 0 Å². The summed E-state index contributed by atoms with van der Waals surface area (Å²) < 4.78 is 4.91. The number of fused-ring (bicyclic) bond motifs is 2. The summed E-state index contributed by atoms with van der Waals surface area (Å²) in [5.74, 6) is 0.983. The van der Waals surface area contributed by atoms with Crippen LogP contribution in [0.4, 0.5) is 0 Å². The average Bonchev–Trinajstić information content (AvgIpc) is 2.69. The monoisotopic (exact) mass is 344 g/mol. The normalized spacial score (nSPS) is 21.2. The van der Waals surface area contributed by atoms with Gasteiger partial charge in [-0.05, 0) is 30.0 Å². The Kier molecular flexibility index (Phi) is 2.41. The smallest absolute Gasteiger partial charge is 0.190 e. The molecule has 0 atom stereocenters. The molecule has 0 N–H and O–H groups in total. The number of alkyl halides is 2. The number of hydrogen-bond acceptors (Lipinski definition) is 2. The number of rotatable bonds is 0. The van der Waals surface area contributed by atoms with Gasteiger partial charge in [-0.1, -0.05) is 37.9 Å². The van der Waals surface area contributed by atoms with E-state index < -0.39 is 3.23 Å². The van der Waals surface area contributed by atoms with Crippen LogP contribution in [0, 0.1) is 0 Å². The average molecular weight is 346 g/mol. The molecule has 3 rings (SSSR count). The fourth-order valence-electron chi connectivity index (χ4n) is 2.30. The van der Waals surface area contributed by atoms with Crippen molar-refractivity contribution >= 4 is 37.6 Å². The number of aryl methyl sites for hydroxylation is 1. The molecule has 0 amide bonds. The summed E-state index contributed by atoms with van der Waals surface area (Å²) in [6.07, 6.45) is 2.67. The molecule has 0 spiro atoms. The molecule has 4 heteroatoms. The molecule has 0 saturated carbocycles. The standard InChI is InChI=1S/C12H10Br2O2/c13-12(14)3-1-7-5-8-2-4-16-10(8)6-9(7)11(12)15/h5-6H,1-4H2. The molecule has 16 heavy (non-hydrogen) atoms. The third-order valence-electron chi connectivity index (χ3n) is 3.20. The van der Waals surface area contributed by atoms with E-state index in [2.05, 4.69) is 37.9 Å². The molecule has 1 aromatic carbocycles. The van der Waals surface area contributed by atoms with Crippen LogP contribution in [0.3, 0.4) is 0 Å². The van der Waals surface area contributed by atoms with Gasteiger partial charge < -0.3 is 4.74 Å². The zero-order valence-corrected chi connectivity index (χ0v) is 11.7. The molecule has 1 aliphatic heterocycles. The van der Waals surface area contributed by atoms with Crippen LogP contribution < -0.4 is 4.74 Å². The Bertz CT molecular complexity index is 480. The van der Waals surface area contributed by atoms with Gasteiger partial charge in [0.1, 0.15) is 8.98 Å². The highest BCUT2D eigenvalue weighted by Crippen LogP contribution is 2.42. The fraction of sp³-hybridized carbons (Fsp3) is 0.417. The molecule has 1 aromatic rings. The Morgan fingerprint density at radius 3 is 2.81 bits per heavy atom. The second-order valence-electron chi connectivity index (χ2n) is 4.25. The number of carbonyl (C=O) groups is 1. The van der Waals surface area contributed by atoms with E-state index in [-0.39, 0.29) is 5.78 Å². The Morgan fingerprint density at radius 1 is 1.19 bits per heavy atom. The molecule has 84 valence electrons. The van der Waals surface area contributed by atoms with Gasteiger partial charge in [-0.2, -0.15) is 0 Å². The second kappa shape index (κ2) is 3.57. The van der Waals surface area contributed by atoms with Crippen molar-refractivity contribution in [2.24, 2.45) is 0 Å². The number of ketones is 1. The first kappa shape index (κ1) is 10.8. The van der Waals surface area contributed by atoms with Crippen LogP contribution in [0.25, 0.3) is 0 Å². The van der Waals surface area contributed by atoms with Gasteiger partial charge in [0.2, 0.25) is 0 Å². The number of ether oxygens (including phenoxy) is 1. The maximum atomic E-state index is 12.2. The molecule has 1 aliphatic carbocycles. The van der Waals surface area contributed by atoms with Crippen LogP contribution >= 0.6 is 31.9 Å². The van der Waals surface area contributed by atoms with Crippen molar-refractivity contribution in [3.63, 3.8) is 0 Å². The Morgan fingerprint density at radius 2 is 2.00 bits per heavy atom. The predicted molar refractivity (Wildman–Crippen MR) is 68.9 cm³/mol. The summed E-state index contributed by atoms with van der Waals surface area (Å²) >= 11 is 6.87. The van der Waals surface area contributed by atoms with Gasteiger partial charge in [-0.15, -0.1) is 0 Å². The lowest BCUT2D eigenvalue weighted by atomic mass is 9.88. The van der Waals surface area contributed by atoms with Crippen molar-refractivity contribution in [2.75, 3.05) is 6.61 Å². The number of carbonyl (C=O) groups excluding carboxylic acids is 1. The molecule has 0 saturated heterocycles. The molecule has 2 nitrogen and oxygen atoms in total. The van der Waals surface area contributed by atoms with Crippen molar-refractivity contribution in [1.29, 1.82) is 0 Å². The number of halogens is 2. The highest BCUT2D eigenvalue weighted by molar-refractivity contribution is 9.26. The largest absolute Gasteiger partial charge is 0.493 e. The Balaban J connectivity index is 2.14. The van der Waals surface area contributed by atoms with Crippen LogP contribution in [0.15, 0.2) is 12.1 Å². The Hall–Kier alpha value is -0.350. The van der Waals surface area contributed by atoms with Crippen molar-refractivity contribution in [2.45, 2.75) is 22.5 Å². The van der Waals surface area contributed by atoms with Gasteiger partial charge in [-0.25, -0.2) is 0 Å². The van der Waals surface area contributed by atoms with Crippen molar-refractivity contribution < 1.29 is 9.53 Å². The quantitative estimate of drug-likeness (QED) is 0.675. The van der Waals surface area contributed by atoms with E-state index in [0.29, 0.717) is 0 Å². The Labute approximate surface area is 111 Å². The first-order valence-electron chi connectivity index (χ1n) is 5.29. The molecule has 0 aromatic heterocycles. The minimum Gasteiger partial charge on any atom is -0.493 e. The lowest BCUT2D eigenvalue weighted by Gasteiger charge is -2.26. The second-order valence-corrected chi connectivity index (χ2v) is 8.02. The molecule has 0 radical (unpaired) electrons. The van der Waals surface area contributed by atoms with Gasteiger partial charge in [0.15, 0.2) is 5.78 Å². The molecule has 0 fully saturated rings. The topological polar surface area (TPSA) is 26.3 Å². The first-order chi connectivity index (χ1) is 7.58. The fourth-order valence-corrected chi connectivity index (χ4v) is 3.12. The molecule has 0 bridgehead atoms. The zero-order chi connectivity index (χ0) is 11.3. The molecular formula is C12H10Br2O2. The van der Waals surface area contributed by atoms with E-state index in [1.54, 1.807) is 0 Å². The van der Waals surface area contributed by atoms with Gasteiger partial charge in [0.25, 0.3) is 0 Å². The number of hydrogen-bond donors (Lipinski definition) is 0. The van der Waals surface area contributed by atoms with Gasteiger partial charge >= 0.3 is 0 Å². The third-order valence-corrected chi connectivity index (χ3v) is 4.71. The first-order valence-corrected chi connectivity index (χ1v) is 6.88. The summed E-state index contributed by atoms with van der Waals surface area (Å²) in [4.78, 5) is 12.2. The highest BCUT2D eigenvalue weighted by atomic mass is 79.9. The van der Waals surface area contributed by atoms with E-state index in [9.17, 15) is 4.79 Å². The lowest BCUT2D eigenvalue weighted by Crippen LogP contribution is -2.31. The van der Waals surface area contributed by atoms with Gasteiger partial charge in [0, 0.05) is 12.0 Å². The summed E-state index contributed by atoms with van der Waals surface area (Å²) in [6, 6.07) is 4.03. The van der Waals surface area contributed by atoms with Crippen LogP contribution in [0.1, 0.15) is 27.9 Å². The number of Topliss-reactive ketones (excluding diaryl/α,β-unsaturated/α-hetero) is 1. The van der Waals surface area contributed by atoms with Gasteiger partial charge in [0.05, 0.1) is 6.61 Å². The molecular weight excluding hydrogens is 336 g/mol. The van der Waals surface area contributed by atoms with E-state index in [4.69, 9.17) is 4.74 Å². The molecule has 0 unspecified atom stereocenters. The third kappa shape index (κ3) is 1.54. The summed E-state index contributed by atoms with van der Waals surface area (Å²) in [5, 5.41) is 0. The summed E-state index contributed by atoms with van der Waals surface area (Å²) in [6.45, 7) is 0.736. The van der Waals surface area contributed by atoms with E-state index in [0.717, 1.165) is 42.7 Å². The summed E-state index contributed by atoms with van der Waals surface area (Å²) in [5.41, 5.74) is 3.19. The minimum atomic E-state index is -0.583. The van der Waals surface area contributed by atoms with Crippen molar-refractivity contribution in [3.05, 3.63) is 28.8 Å². The SMILES string of the molecule is O=C1c2cc3c(cc2CCC1(Br)Br)CCO3. The molecule has 1 heterocycles. The molecule has 2 aliphatic rings. The predicted octanol–water partition coefficient (Wildman–Crippen LogP) is 3.24. The van der Waals surface area contributed by atoms with Crippen LogP contribution in [-0.4, -0.2) is 15.6 Å². The zero-order valence-electron chi connectivity index (χ0n) is 8.56. The maximum absolute atomic E-state index is 12.2. The summed E-state index contributed by atoms with van der Waals surface area (Å²) in [7, 11) is 0. The van der Waals surface area contributed by atoms with Crippen LogP contribution in [0.2, 0.25) is 0 Å². The highest BCUT2D eigenvalue weighted by Gasteiger charge is 2.38. The minimum absolute atomic E-state index is 0.104. The lowest BCUT2D eigenvalue weighted by molar-refractivity contribution is 0.0972. The van der Waals surface area contributed by atoms with Crippen molar-refractivity contribution in [3.8, 4) is 5.75 Å². The maximum Gasteiger partial charge on any atom is 0.190 e. The van der Waals surface area contributed by atoms with E-state index in [1.807, 2.05) is 6.07 Å². The van der Waals surface area contributed by atoms with Gasteiger partial charge in [-0.3, -0.25) is 4.79 Å². The van der Waals surface area contributed by atoms with Crippen LogP contribution in [0.5, 0.6) is 5.75 Å². The van der Waals surface area contributed by atoms with E-state index in [1.165, 1.54) is 5.56 Å². The van der Waals surface area contributed by atoms with E-state index >= 15 is 0 Å². The number of benzene rings is 1.